The summed E-state index contributed by atoms with van der Waals surface area (Å²) in [6, 6.07) is 38.5. The SMILES string of the molecule is CN(C)c1ccc(-c2c3nc(c(-c4c(OCCC(C)(C)C)cccc4OCCC(C)(C)C)c4ccc([nH]4)c(-c4ccc(N(C)C)cc4)c4nc(c(-c5c(OCCC(C)(C)C)cccc5OCCC(C)(C)C)c5ccc2[nH]5)C=C4)C=C3)cc1. The highest BCUT2D eigenvalue weighted by atomic mass is 16.5. The fourth-order valence-corrected chi connectivity index (χ4v) is 10.1. The van der Waals surface area contributed by atoms with Crippen molar-refractivity contribution < 1.29 is 18.9 Å². The number of benzene rings is 4. The second kappa shape index (κ2) is 24.0. The maximum Gasteiger partial charge on any atom is 0.131 e. The second-order valence-corrected chi connectivity index (χ2v) is 27.3. The molecular weight excluding hydrogens is 1010 g/mol. The van der Waals surface area contributed by atoms with E-state index >= 15 is 0 Å². The van der Waals surface area contributed by atoms with E-state index in [-0.39, 0.29) is 21.7 Å². The van der Waals surface area contributed by atoms with Gasteiger partial charge in [-0.2, -0.15) is 0 Å². The van der Waals surface area contributed by atoms with Crippen molar-refractivity contribution in [2.45, 2.75) is 109 Å². The first-order valence-corrected chi connectivity index (χ1v) is 29.3. The second-order valence-electron chi connectivity index (χ2n) is 27.3. The molecule has 0 aliphatic carbocycles. The molecule has 10 nitrogen and oxygen atoms in total. The Labute approximate surface area is 488 Å². The molecule has 0 unspecified atom stereocenters. The van der Waals surface area contributed by atoms with Crippen LogP contribution in [0.4, 0.5) is 11.4 Å². The summed E-state index contributed by atoms with van der Waals surface area (Å²) in [4.78, 5) is 23.7. The molecule has 2 N–H and O–H groups in total. The van der Waals surface area contributed by atoms with Crippen LogP contribution in [0.5, 0.6) is 23.0 Å². The van der Waals surface area contributed by atoms with Crippen molar-refractivity contribution in [3.8, 4) is 67.5 Å². The van der Waals surface area contributed by atoms with Gasteiger partial charge in [0.1, 0.15) is 23.0 Å². The quantitative estimate of drug-likeness (QED) is 0.0876. The van der Waals surface area contributed by atoms with Gasteiger partial charge in [0.2, 0.25) is 0 Å². The lowest BCUT2D eigenvalue weighted by Crippen LogP contribution is -2.13. The number of nitrogens with one attached hydrogen (secondary N) is 2. The smallest absolute Gasteiger partial charge is 0.131 e. The van der Waals surface area contributed by atoms with Gasteiger partial charge in [0, 0.05) is 83.9 Å². The van der Waals surface area contributed by atoms with Crippen molar-refractivity contribution in [2.75, 3.05) is 64.4 Å². The van der Waals surface area contributed by atoms with Crippen molar-refractivity contribution in [3.05, 3.63) is 132 Å². The minimum absolute atomic E-state index is 0.0663. The molecule has 4 aromatic carbocycles. The zero-order chi connectivity index (χ0) is 58.7. The van der Waals surface area contributed by atoms with E-state index in [1.807, 2.05) is 12.1 Å². The monoisotopic (exact) mass is 1100 g/mol. The van der Waals surface area contributed by atoms with Gasteiger partial charge in [-0.05, 0) is 156 Å². The largest absolute Gasteiger partial charge is 0.493 e. The van der Waals surface area contributed by atoms with Gasteiger partial charge >= 0.3 is 0 Å². The number of fused-ring (bicyclic) bond motifs is 8. The molecule has 0 radical (unpaired) electrons. The highest BCUT2D eigenvalue weighted by Gasteiger charge is 2.27. The Kier molecular flexibility index (Phi) is 17.3. The van der Waals surface area contributed by atoms with Gasteiger partial charge in [-0.15, -0.1) is 0 Å². The average molecular weight is 1100 g/mol. The van der Waals surface area contributed by atoms with Gasteiger partial charge in [0.15, 0.2) is 0 Å². The third-order valence-electron chi connectivity index (χ3n) is 15.0. The first-order valence-electron chi connectivity index (χ1n) is 29.3. The van der Waals surface area contributed by atoms with Crippen molar-refractivity contribution in [1.29, 1.82) is 0 Å². The summed E-state index contributed by atoms with van der Waals surface area (Å²) in [6.45, 7) is 29.1. The molecule has 3 aromatic heterocycles. The van der Waals surface area contributed by atoms with E-state index in [2.05, 4.69) is 252 Å². The average Bonchev–Trinajstić information content (AvgIpc) is 4.16. The van der Waals surface area contributed by atoms with Gasteiger partial charge in [0.25, 0.3) is 0 Å². The summed E-state index contributed by atoms with van der Waals surface area (Å²) in [5.41, 5.74) is 16.5. The van der Waals surface area contributed by atoms with Gasteiger partial charge in [-0.3, -0.25) is 0 Å². The molecule has 0 atom stereocenters. The first-order chi connectivity index (χ1) is 38.8. The number of ether oxygens (including phenoxy) is 4. The van der Waals surface area contributed by atoms with Gasteiger partial charge in [-0.25, -0.2) is 9.97 Å². The van der Waals surface area contributed by atoms with E-state index in [0.717, 1.165) is 149 Å². The summed E-state index contributed by atoms with van der Waals surface area (Å²) >= 11 is 0. The lowest BCUT2D eigenvalue weighted by Gasteiger charge is -2.22. The molecular formula is C72H88N6O4. The molecule has 8 bridgehead atoms. The van der Waals surface area contributed by atoms with Gasteiger partial charge in [-0.1, -0.05) is 119 Å². The third kappa shape index (κ3) is 14.3. The van der Waals surface area contributed by atoms with Crippen molar-refractivity contribution in [1.82, 2.24) is 19.9 Å². The summed E-state index contributed by atoms with van der Waals surface area (Å²) in [5.74, 6) is 2.94. The van der Waals surface area contributed by atoms with E-state index < -0.39 is 0 Å². The summed E-state index contributed by atoms with van der Waals surface area (Å²) in [5, 5.41) is 0. The molecule has 10 heteroatoms. The van der Waals surface area contributed by atoms with Gasteiger partial charge < -0.3 is 38.7 Å². The van der Waals surface area contributed by atoms with Crippen LogP contribution in [0.1, 0.15) is 132 Å². The van der Waals surface area contributed by atoms with E-state index in [4.69, 9.17) is 28.9 Å². The zero-order valence-electron chi connectivity index (χ0n) is 51.8. The Morgan fingerprint density at radius 2 is 0.585 bits per heavy atom. The first kappa shape index (κ1) is 58.9. The van der Waals surface area contributed by atoms with E-state index in [1.165, 1.54) is 0 Å². The molecule has 2 aliphatic heterocycles. The number of aromatic amines is 2. The standard InChI is InChI=1S/C72H88N6O4/c1-69(2,3)39-43-79-59-19-17-20-60(80-44-40-70(4,5)6)67(59)65-55-35-31-51(73-55)63(47-23-27-49(28-24-47)77(13)14)53-33-37-57(75-53)66(68-61(81-45-41-71(7,8)9)21-18-22-62(68)82-46-42-72(10,11)12)58-38-34-54(76-58)64(52-32-36-56(65)74-52)48-25-29-50(30-26-48)78(15)16/h17-38,73,76H,39-46H2,1-16H3. The lowest BCUT2D eigenvalue weighted by atomic mass is 9.93. The molecule has 9 rings (SSSR count). The number of hydrogen-bond acceptors (Lipinski definition) is 8. The molecule has 0 fully saturated rings. The number of anilines is 2. The maximum atomic E-state index is 6.91. The molecule has 82 heavy (non-hydrogen) atoms. The molecule has 0 saturated carbocycles. The summed E-state index contributed by atoms with van der Waals surface area (Å²) < 4.78 is 27.6. The topological polar surface area (TPSA) is 101 Å². The minimum atomic E-state index is 0.0663. The van der Waals surface area contributed by atoms with Crippen LogP contribution in [0.15, 0.2) is 109 Å². The van der Waals surface area contributed by atoms with Crippen LogP contribution >= 0.6 is 0 Å². The molecule has 7 aromatic rings. The Morgan fingerprint density at radius 1 is 0.329 bits per heavy atom. The van der Waals surface area contributed by atoms with Crippen LogP contribution in [-0.2, 0) is 0 Å². The predicted molar refractivity (Wildman–Crippen MR) is 348 cm³/mol. The van der Waals surface area contributed by atoms with Crippen molar-refractivity contribution in [2.24, 2.45) is 21.7 Å². The van der Waals surface area contributed by atoms with E-state index in [0.29, 0.717) is 26.4 Å². The lowest BCUT2D eigenvalue weighted by molar-refractivity contribution is 0.235. The van der Waals surface area contributed by atoms with Crippen LogP contribution in [0.3, 0.4) is 0 Å². The fourth-order valence-electron chi connectivity index (χ4n) is 10.1. The van der Waals surface area contributed by atoms with Crippen LogP contribution < -0.4 is 28.7 Å². The zero-order valence-corrected chi connectivity index (χ0v) is 51.8. The van der Waals surface area contributed by atoms with Crippen LogP contribution in [0, 0.1) is 21.7 Å². The van der Waals surface area contributed by atoms with E-state index in [9.17, 15) is 0 Å². The van der Waals surface area contributed by atoms with Crippen LogP contribution in [0.2, 0.25) is 0 Å². The minimum Gasteiger partial charge on any atom is -0.493 e. The Bertz CT molecular complexity index is 3310. The predicted octanol–water partition coefficient (Wildman–Crippen LogP) is 18.7. The number of aromatic nitrogens is 4. The van der Waals surface area contributed by atoms with Crippen LogP contribution in [0.25, 0.3) is 90.9 Å². The number of rotatable bonds is 18. The molecule has 0 saturated heterocycles. The highest BCUT2D eigenvalue weighted by molar-refractivity contribution is 6.02. The highest BCUT2D eigenvalue weighted by Crippen LogP contribution is 2.47. The molecule has 2 aliphatic rings. The maximum absolute atomic E-state index is 6.91. The summed E-state index contributed by atoms with van der Waals surface area (Å²) in [7, 11) is 8.28. The van der Waals surface area contributed by atoms with Gasteiger partial charge in [0.05, 0.1) is 60.3 Å². The molecule has 0 spiro atoms. The van der Waals surface area contributed by atoms with Crippen molar-refractivity contribution in [3.63, 3.8) is 0 Å². The van der Waals surface area contributed by atoms with Crippen molar-refractivity contribution >= 4 is 57.7 Å². The summed E-state index contributed by atoms with van der Waals surface area (Å²) in [6.07, 6.45) is 12.0. The Morgan fingerprint density at radius 3 is 0.841 bits per heavy atom. The molecule has 0 amide bonds. The molecule has 5 heterocycles. The number of H-pyrrole nitrogens is 2. The molecule has 430 valence electrons. The normalized spacial score (nSPS) is 12.7. The number of nitrogens with zero attached hydrogens (tertiary/aromatic N) is 4. The Balaban J connectivity index is 1.43. The van der Waals surface area contributed by atoms with E-state index in [1.54, 1.807) is 0 Å². The number of hydrogen-bond donors (Lipinski definition) is 2. The third-order valence-corrected chi connectivity index (χ3v) is 15.0. The van der Waals surface area contributed by atoms with Crippen LogP contribution in [-0.4, -0.2) is 74.6 Å². The fraction of sp³-hybridized carbons (Fsp3) is 0.389. The Hall–Kier alpha value is -7.72.